The Labute approximate surface area is 115 Å². The summed E-state index contributed by atoms with van der Waals surface area (Å²) in [6.07, 6.45) is 7.65. The van der Waals surface area contributed by atoms with Gasteiger partial charge in [-0.05, 0) is 37.9 Å². The fourth-order valence-corrected chi connectivity index (χ4v) is 4.08. The maximum atomic E-state index is 5.75. The van der Waals surface area contributed by atoms with E-state index in [0.29, 0.717) is 6.04 Å². The highest BCUT2D eigenvalue weighted by molar-refractivity contribution is 7.99. The Morgan fingerprint density at radius 3 is 2.94 bits per heavy atom. The predicted molar refractivity (Wildman–Crippen MR) is 77.1 cm³/mol. The van der Waals surface area contributed by atoms with Gasteiger partial charge < -0.3 is 14.8 Å². The van der Waals surface area contributed by atoms with Gasteiger partial charge in [0.2, 0.25) is 0 Å². The molecule has 4 heteroatoms. The average molecular weight is 273 g/mol. The lowest BCUT2D eigenvalue weighted by molar-refractivity contribution is -0.161. The van der Waals surface area contributed by atoms with Crippen LogP contribution in [0.15, 0.2) is 0 Å². The summed E-state index contributed by atoms with van der Waals surface area (Å²) in [6, 6.07) is 0.700. The molecule has 0 radical (unpaired) electrons. The van der Waals surface area contributed by atoms with Gasteiger partial charge in [-0.2, -0.15) is 11.8 Å². The monoisotopic (exact) mass is 273 g/mol. The molecule has 2 aliphatic rings. The minimum Gasteiger partial charge on any atom is -0.353 e. The quantitative estimate of drug-likeness (QED) is 0.723. The van der Waals surface area contributed by atoms with Crippen molar-refractivity contribution in [1.29, 1.82) is 0 Å². The summed E-state index contributed by atoms with van der Waals surface area (Å²) in [5.74, 6) is 1.23. The van der Waals surface area contributed by atoms with E-state index >= 15 is 0 Å². The van der Waals surface area contributed by atoms with Crippen LogP contribution in [0.1, 0.15) is 45.4 Å². The molecule has 1 saturated carbocycles. The summed E-state index contributed by atoms with van der Waals surface area (Å²) >= 11 is 2.11. The van der Waals surface area contributed by atoms with Gasteiger partial charge >= 0.3 is 0 Å². The normalized spacial score (nSPS) is 32.8. The maximum absolute atomic E-state index is 5.75. The average Bonchev–Trinajstić information content (AvgIpc) is 2.84. The molecule has 1 saturated heterocycles. The van der Waals surface area contributed by atoms with Gasteiger partial charge in [0.15, 0.2) is 6.29 Å². The molecule has 2 fully saturated rings. The van der Waals surface area contributed by atoms with Crippen LogP contribution in [0.2, 0.25) is 0 Å². The largest absolute Gasteiger partial charge is 0.353 e. The minimum absolute atomic E-state index is 0.0601. The summed E-state index contributed by atoms with van der Waals surface area (Å²) in [5, 5.41) is 4.47. The lowest BCUT2D eigenvalue weighted by Gasteiger charge is -2.24. The number of hydrogen-bond donors (Lipinski definition) is 1. The van der Waals surface area contributed by atoms with Crippen molar-refractivity contribution < 1.29 is 9.47 Å². The van der Waals surface area contributed by atoms with Crippen molar-refractivity contribution in [2.75, 3.05) is 25.5 Å². The van der Waals surface area contributed by atoms with Crippen LogP contribution < -0.4 is 5.32 Å². The number of nitrogens with one attached hydrogen (secondary N) is 1. The Kier molecular flexibility index (Phi) is 6.84. The second-order valence-electron chi connectivity index (χ2n) is 5.15. The third kappa shape index (κ3) is 4.72. The van der Waals surface area contributed by atoms with E-state index in [-0.39, 0.29) is 6.29 Å². The summed E-state index contributed by atoms with van der Waals surface area (Å²) in [6.45, 7) is 4.87. The molecule has 1 heterocycles. The van der Waals surface area contributed by atoms with Gasteiger partial charge in [-0.3, -0.25) is 0 Å². The van der Waals surface area contributed by atoms with E-state index in [9.17, 15) is 0 Å². The lowest BCUT2D eigenvalue weighted by atomic mass is 10.2. The molecule has 106 valence electrons. The van der Waals surface area contributed by atoms with Gasteiger partial charge in [0.1, 0.15) is 0 Å². The molecule has 0 unspecified atom stereocenters. The molecule has 3 atom stereocenters. The van der Waals surface area contributed by atoms with E-state index in [4.69, 9.17) is 9.47 Å². The van der Waals surface area contributed by atoms with Gasteiger partial charge in [0.25, 0.3) is 0 Å². The van der Waals surface area contributed by atoms with Crippen molar-refractivity contribution in [3.05, 3.63) is 0 Å². The first-order valence-electron chi connectivity index (χ1n) is 7.48. The topological polar surface area (TPSA) is 30.5 Å². The molecule has 0 bridgehead atoms. The van der Waals surface area contributed by atoms with Crippen molar-refractivity contribution in [2.45, 2.75) is 63.0 Å². The molecule has 0 spiro atoms. The first-order chi connectivity index (χ1) is 8.90. The lowest BCUT2D eigenvalue weighted by Crippen LogP contribution is -2.37. The number of rotatable bonds is 7. The van der Waals surface area contributed by atoms with Crippen LogP contribution >= 0.6 is 11.8 Å². The first kappa shape index (κ1) is 14.6. The highest BCUT2D eigenvalue weighted by Crippen LogP contribution is 2.29. The molecule has 0 aromatic rings. The predicted octanol–water partition coefficient (Wildman–Crippen LogP) is 2.79. The molecule has 1 N–H and O–H groups in total. The summed E-state index contributed by atoms with van der Waals surface area (Å²) in [5.41, 5.74) is 0. The Hall–Kier alpha value is 0.230. The van der Waals surface area contributed by atoms with Crippen molar-refractivity contribution in [3.63, 3.8) is 0 Å². The zero-order valence-electron chi connectivity index (χ0n) is 11.5. The van der Waals surface area contributed by atoms with Gasteiger partial charge in [-0.15, -0.1) is 0 Å². The molecule has 0 aromatic carbocycles. The van der Waals surface area contributed by atoms with E-state index < -0.39 is 0 Å². The molecule has 0 amide bonds. The fraction of sp³-hybridized carbons (Fsp3) is 1.00. The zero-order chi connectivity index (χ0) is 12.6. The molecular formula is C14H27NO2S. The third-order valence-electron chi connectivity index (χ3n) is 3.78. The number of ether oxygens (including phenoxy) is 2. The van der Waals surface area contributed by atoms with Gasteiger partial charge in [0.05, 0.1) is 6.61 Å². The zero-order valence-corrected chi connectivity index (χ0v) is 12.3. The van der Waals surface area contributed by atoms with E-state index in [1.807, 2.05) is 0 Å². The van der Waals surface area contributed by atoms with Crippen LogP contribution in [-0.4, -0.2) is 43.1 Å². The number of thioether (sulfide) groups is 1. The Morgan fingerprint density at radius 1 is 1.22 bits per heavy atom. The Balaban J connectivity index is 1.54. The van der Waals surface area contributed by atoms with Crippen LogP contribution in [0.25, 0.3) is 0 Å². The Morgan fingerprint density at radius 2 is 2.17 bits per heavy atom. The molecule has 3 nitrogen and oxygen atoms in total. The molecule has 1 aliphatic carbocycles. The van der Waals surface area contributed by atoms with Crippen molar-refractivity contribution in [2.24, 2.45) is 0 Å². The molecular weight excluding hydrogens is 246 g/mol. The third-order valence-corrected chi connectivity index (χ3v) is 5.11. The minimum atomic E-state index is 0.0601. The smallest absolute Gasteiger partial charge is 0.157 e. The fourth-order valence-electron chi connectivity index (χ4n) is 2.85. The van der Waals surface area contributed by atoms with E-state index in [1.54, 1.807) is 0 Å². The van der Waals surface area contributed by atoms with Crippen LogP contribution in [-0.2, 0) is 9.47 Å². The Bertz CT molecular complexity index is 222. The van der Waals surface area contributed by atoms with Crippen LogP contribution in [0.3, 0.4) is 0 Å². The van der Waals surface area contributed by atoms with E-state index in [1.165, 1.54) is 37.9 Å². The molecule has 2 rings (SSSR count). The van der Waals surface area contributed by atoms with Gasteiger partial charge in [0, 0.05) is 24.4 Å². The second kappa shape index (κ2) is 8.41. The summed E-state index contributed by atoms with van der Waals surface area (Å²) < 4.78 is 11.3. The highest BCUT2D eigenvalue weighted by Gasteiger charge is 2.26. The van der Waals surface area contributed by atoms with E-state index in [0.717, 1.165) is 31.4 Å². The van der Waals surface area contributed by atoms with Gasteiger partial charge in [-0.1, -0.05) is 13.3 Å². The standard InChI is InChI=1S/C14H27NO2S/c1-2-18-13-7-5-6-12(13)15-9-11-17-14-8-3-4-10-16-14/h12-15H,2-11H2,1H3/t12-,13-,14-/m1/s1. The maximum Gasteiger partial charge on any atom is 0.157 e. The summed E-state index contributed by atoms with van der Waals surface area (Å²) in [4.78, 5) is 0. The van der Waals surface area contributed by atoms with Crippen molar-refractivity contribution in [3.8, 4) is 0 Å². The SMILES string of the molecule is CCS[C@@H]1CCC[C@H]1NCCO[C@@H]1CCCCO1. The first-order valence-corrected chi connectivity index (χ1v) is 8.53. The van der Waals surface area contributed by atoms with Crippen molar-refractivity contribution in [1.82, 2.24) is 5.32 Å². The second-order valence-corrected chi connectivity index (χ2v) is 6.67. The summed E-state index contributed by atoms with van der Waals surface area (Å²) in [7, 11) is 0. The van der Waals surface area contributed by atoms with E-state index in [2.05, 4.69) is 24.0 Å². The molecule has 1 aliphatic heterocycles. The number of hydrogen-bond acceptors (Lipinski definition) is 4. The van der Waals surface area contributed by atoms with Gasteiger partial charge in [-0.25, -0.2) is 0 Å². The molecule has 18 heavy (non-hydrogen) atoms. The van der Waals surface area contributed by atoms with Crippen LogP contribution in [0.5, 0.6) is 0 Å². The van der Waals surface area contributed by atoms with Crippen LogP contribution in [0, 0.1) is 0 Å². The van der Waals surface area contributed by atoms with Crippen LogP contribution in [0.4, 0.5) is 0 Å². The molecule has 0 aromatic heterocycles. The van der Waals surface area contributed by atoms with Crippen molar-refractivity contribution >= 4 is 11.8 Å². The highest BCUT2D eigenvalue weighted by atomic mass is 32.2.